The maximum absolute atomic E-state index is 11.5. The zero-order chi connectivity index (χ0) is 14.5. The molecule has 1 aromatic rings. The van der Waals surface area contributed by atoms with E-state index >= 15 is 0 Å². The zero-order valence-electron chi connectivity index (χ0n) is 10.1. The first-order valence-electron chi connectivity index (χ1n) is 5.13. The van der Waals surface area contributed by atoms with E-state index in [2.05, 4.69) is 9.46 Å². The molecular formula is C10H14N4O4S. The minimum Gasteiger partial charge on any atom is -0.452 e. The maximum Gasteiger partial charge on any atom is 0.422 e. The second kappa shape index (κ2) is 6.05. The number of carbonyl (C=O) groups excluding carboxylic acids is 1. The van der Waals surface area contributed by atoms with E-state index < -0.39 is 16.3 Å². The summed E-state index contributed by atoms with van der Waals surface area (Å²) in [6.45, 7) is 0. The van der Waals surface area contributed by atoms with E-state index in [0.717, 1.165) is 12.7 Å². The third kappa shape index (κ3) is 5.25. The molecule has 0 spiro atoms. The van der Waals surface area contributed by atoms with Crippen LogP contribution in [-0.4, -0.2) is 27.5 Å². The molecule has 1 aromatic carbocycles. The number of ether oxygens (including phenoxy) is 1. The Kier molecular flexibility index (Phi) is 4.70. The number of hydrogen-bond donors (Lipinski definition) is 4. The first-order chi connectivity index (χ1) is 8.82. The molecule has 0 saturated carbocycles. The molecule has 0 unspecified atom stereocenters. The van der Waals surface area contributed by atoms with Gasteiger partial charge in [-0.05, 0) is 17.7 Å². The highest BCUT2D eigenvalue weighted by molar-refractivity contribution is 7.91. The monoisotopic (exact) mass is 286 g/mol. The molecule has 1 amide bonds. The number of amidine groups is 1. The Morgan fingerprint density at radius 3 is 2.42 bits per heavy atom. The van der Waals surface area contributed by atoms with Crippen LogP contribution in [0.4, 0.5) is 10.5 Å². The Morgan fingerprint density at radius 2 is 1.95 bits per heavy atom. The molecule has 0 atom stereocenters. The molecular weight excluding hydrogens is 272 g/mol. The average Bonchev–Trinajstić information content (AvgIpc) is 2.30. The van der Waals surface area contributed by atoms with Gasteiger partial charge >= 0.3 is 16.3 Å². The number of anilines is 1. The molecule has 0 aromatic heterocycles. The smallest absolute Gasteiger partial charge is 0.422 e. The normalized spacial score (nSPS) is 10.6. The van der Waals surface area contributed by atoms with Gasteiger partial charge in [0.15, 0.2) is 0 Å². The Bertz CT molecular complexity index is 568. The van der Waals surface area contributed by atoms with Gasteiger partial charge in [-0.3, -0.25) is 10.1 Å². The molecule has 5 N–H and O–H groups in total. The van der Waals surface area contributed by atoms with E-state index in [9.17, 15) is 13.2 Å². The summed E-state index contributed by atoms with van der Waals surface area (Å²) in [5, 5.41) is 7.13. The van der Waals surface area contributed by atoms with Gasteiger partial charge < -0.3 is 10.5 Å². The lowest BCUT2D eigenvalue weighted by Gasteiger charge is -2.09. The van der Waals surface area contributed by atoms with Crippen molar-refractivity contribution in [3.63, 3.8) is 0 Å². The third-order valence-electron chi connectivity index (χ3n) is 2.00. The minimum atomic E-state index is -4.02. The van der Waals surface area contributed by atoms with E-state index in [1.54, 1.807) is 16.9 Å². The van der Waals surface area contributed by atoms with Crippen LogP contribution in [0.2, 0.25) is 0 Å². The Labute approximate surface area is 110 Å². The lowest BCUT2D eigenvalue weighted by atomic mass is 10.1. The van der Waals surface area contributed by atoms with Crippen LogP contribution < -0.4 is 15.2 Å². The van der Waals surface area contributed by atoms with Gasteiger partial charge in [0.2, 0.25) is 0 Å². The Morgan fingerprint density at radius 1 is 1.37 bits per heavy atom. The van der Waals surface area contributed by atoms with Crippen LogP contribution in [0.15, 0.2) is 24.3 Å². The van der Waals surface area contributed by atoms with Gasteiger partial charge in [0.25, 0.3) is 0 Å². The highest BCUT2D eigenvalue weighted by Crippen LogP contribution is 2.11. The van der Waals surface area contributed by atoms with Gasteiger partial charge in [-0.2, -0.15) is 8.42 Å². The van der Waals surface area contributed by atoms with Gasteiger partial charge in [-0.1, -0.05) is 12.1 Å². The fourth-order valence-corrected chi connectivity index (χ4v) is 2.04. The summed E-state index contributed by atoms with van der Waals surface area (Å²) in [5.74, 6) is 0.0145. The molecule has 0 aliphatic heterocycles. The molecule has 0 aliphatic carbocycles. The quantitative estimate of drug-likeness (QED) is 0.452. The number of hydrogen-bond acceptors (Lipinski definition) is 5. The van der Waals surface area contributed by atoms with Crippen LogP contribution in [0.3, 0.4) is 0 Å². The largest absolute Gasteiger partial charge is 0.452 e. The summed E-state index contributed by atoms with van der Waals surface area (Å²) in [5.41, 5.74) is 6.29. The van der Waals surface area contributed by atoms with Crippen molar-refractivity contribution in [3.8, 4) is 0 Å². The molecule has 0 aliphatic rings. The molecule has 0 radical (unpaired) electrons. The van der Waals surface area contributed by atoms with Crippen molar-refractivity contribution in [1.82, 2.24) is 4.72 Å². The van der Waals surface area contributed by atoms with Crippen molar-refractivity contribution in [2.45, 2.75) is 6.42 Å². The second-order valence-corrected chi connectivity index (χ2v) is 5.01. The molecule has 0 heterocycles. The van der Waals surface area contributed by atoms with Crippen LogP contribution in [0, 0.1) is 5.41 Å². The van der Waals surface area contributed by atoms with Gasteiger partial charge in [0.05, 0.1) is 18.6 Å². The molecule has 19 heavy (non-hydrogen) atoms. The third-order valence-corrected chi connectivity index (χ3v) is 2.94. The number of nitrogens with two attached hydrogens (primary N) is 1. The lowest BCUT2D eigenvalue weighted by molar-refractivity contribution is 0.177. The number of benzene rings is 1. The lowest BCUT2D eigenvalue weighted by Crippen LogP contribution is -2.35. The van der Waals surface area contributed by atoms with Crippen molar-refractivity contribution in [1.29, 1.82) is 5.41 Å². The van der Waals surface area contributed by atoms with Crippen LogP contribution in [0.1, 0.15) is 5.56 Å². The second-order valence-electron chi connectivity index (χ2n) is 3.60. The molecule has 9 heteroatoms. The SMILES string of the molecule is COC(=O)NS(=O)(=O)Nc1ccc(CC(=N)N)cc1. The van der Waals surface area contributed by atoms with Crippen LogP contribution in [-0.2, 0) is 21.4 Å². The highest BCUT2D eigenvalue weighted by Gasteiger charge is 2.14. The number of nitrogens with one attached hydrogen (secondary N) is 3. The van der Waals surface area contributed by atoms with Crippen molar-refractivity contribution in [2.75, 3.05) is 11.8 Å². The molecule has 8 nitrogen and oxygen atoms in total. The Hall–Kier alpha value is -2.29. The fourth-order valence-electron chi connectivity index (χ4n) is 1.24. The molecule has 104 valence electrons. The number of methoxy groups -OCH3 is 1. The van der Waals surface area contributed by atoms with E-state index in [1.165, 1.54) is 12.1 Å². The summed E-state index contributed by atoms with van der Waals surface area (Å²) < 4.78 is 30.9. The van der Waals surface area contributed by atoms with E-state index in [0.29, 0.717) is 0 Å². The summed E-state index contributed by atoms with van der Waals surface area (Å²) in [6.07, 6.45) is -0.798. The molecule has 0 fully saturated rings. The van der Waals surface area contributed by atoms with E-state index in [1.807, 2.05) is 0 Å². The van der Waals surface area contributed by atoms with Gasteiger partial charge in [-0.25, -0.2) is 9.52 Å². The standard InChI is InChI=1S/C10H14N4O4S/c1-18-10(15)14-19(16,17)13-8-4-2-7(3-5-8)6-9(11)12/h2-5,13H,6H2,1H3,(H3,11,12)(H,14,15). The number of carbonyl (C=O) groups is 1. The zero-order valence-corrected chi connectivity index (χ0v) is 11.0. The molecule has 1 rings (SSSR count). The van der Waals surface area contributed by atoms with E-state index in [4.69, 9.17) is 11.1 Å². The molecule has 0 saturated heterocycles. The Balaban J connectivity index is 2.72. The minimum absolute atomic E-state index is 0.0145. The fraction of sp³-hybridized carbons (Fsp3) is 0.200. The highest BCUT2D eigenvalue weighted by atomic mass is 32.2. The summed E-state index contributed by atoms with van der Waals surface area (Å²) >= 11 is 0. The van der Waals surface area contributed by atoms with Crippen molar-refractivity contribution in [2.24, 2.45) is 5.73 Å². The van der Waals surface area contributed by atoms with Crippen LogP contribution in [0.5, 0.6) is 0 Å². The summed E-state index contributed by atoms with van der Waals surface area (Å²) in [7, 11) is -2.97. The topological polar surface area (TPSA) is 134 Å². The van der Waals surface area contributed by atoms with E-state index in [-0.39, 0.29) is 17.9 Å². The summed E-state index contributed by atoms with van der Waals surface area (Å²) in [6, 6.07) is 6.23. The van der Waals surface area contributed by atoms with Gasteiger partial charge in [-0.15, -0.1) is 0 Å². The van der Waals surface area contributed by atoms with Crippen LogP contribution >= 0.6 is 0 Å². The first kappa shape index (κ1) is 14.8. The first-order valence-corrected chi connectivity index (χ1v) is 6.61. The number of amides is 1. The maximum atomic E-state index is 11.5. The predicted molar refractivity (Wildman–Crippen MR) is 70.1 cm³/mol. The predicted octanol–water partition coefficient (Wildman–Crippen LogP) is 0.178. The average molecular weight is 286 g/mol. The van der Waals surface area contributed by atoms with Crippen molar-refractivity contribution >= 4 is 27.8 Å². The molecule has 0 bridgehead atoms. The van der Waals surface area contributed by atoms with Crippen molar-refractivity contribution < 1.29 is 17.9 Å². The number of rotatable bonds is 5. The van der Waals surface area contributed by atoms with Gasteiger partial charge in [0, 0.05) is 6.42 Å². The summed E-state index contributed by atoms with van der Waals surface area (Å²) in [4.78, 5) is 10.8. The van der Waals surface area contributed by atoms with Gasteiger partial charge in [0.1, 0.15) is 0 Å². The van der Waals surface area contributed by atoms with Crippen molar-refractivity contribution in [3.05, 3.63) is 29.8 Å². The van der Waals surface area contributed by atoms with Crippen LogP contribution in [0.25, 0.3) is 0 Å².